The molecule has 0 bridgehead atoms. The van der Waals surface area contributed by atoms with E-state index in [2.05, 4.69) is 10.3 Å². The van der Waals surface area contributed by atoms with Crippen LogP contribution in [0.4, 0.5) is 17.1 Å². The van der Waals surface area contributed by atoms with Crippen LogP contribution >= 0.6 is 23.4 Å². The van der Waals surface area contributed by atoms with Crippen molar-refractivity contribution in [2.75, 3.05) is 29.2 Å². The summed E-state index contributed by atoms with van der Waals surface area (Å²) in [5, 5.41) is 3.52. The molecule has 1 fully saturated rings. The highest BCUT2D eigenvalue weighted by molar-refractivity contribution is 8.02. The summed E-state index contributed by atoms with van der Waals surface area (Å²) in [5.41, 5.74) is 2.18. The molecule has 134 valence electrons. The average molecular weight is 389 g/mol. The Bertz CT molecular complexity index is 920. The summed E-state index contributed by atoms with van der Waals surface area (Å²) in [5.74, 6) is -0.288. The summed E-state index contributed by atoms with van der Waals surface area (Å²) in [4.78, 5) is 33.3. The van der Waals surface area contributed by atoms with Gasteiger partial charge in [0.05, 0.1) is 23.3 Å². The second kappa shape index (κ2) is 6.17. The number of carbonyl (C=O) groups is 2. The average Bonchev–Trinajstić information content (AvgIpc) is 3.11. The van der Waals surface area contributed by atoms with Crippen LogP contribution in [0.25, 0.3) is 0 Å². The molecule has 2 aliphatic heterocycles. The van der Waals surface area contributed by atoms with Gasteiger partial charge in [-0.25, -0.2) is 0 Å². The summed E-state index contributed by atoms with van der Waals surface area (Å²) in [6, 6.07) is 7.22. The molecule has 4 rings (SSSR count). The monoisotopic (exact) mass is 388 g/mol. The van der Waals surface area contributed by atoms with Crippen LogP contribution < -0.4 is 15.1 Å². The van der Waals surface area contributed by atoms with Crippen LogP contribution in [0.3, 0.4) is 0 Å². The molecule has 0 unspecified atom stereocenters. The third kappa shape index (κ3) is 2.54. The summed E-state index contributed by atoms with van der Waals surface area (Å²) in [7, 11) is 3.80. The van der Waals surface area contributed by atoms with E-state index in [1.807, 2.05) is 31.1 Å². The lowest BCUT2D eigenvalue weighted by Gasteiger charge is -2.30. The van der Waals surface area contributed by atoms with Crippen LogP contribution in [0.5, 0.6) is 0 Å². The number of pyridine rings is 1. The highest BCUT2D eigenvalue weighted by Gasteiger charge is 2.57. The Morgan fingerprint density at radius 2 is 2.19 bits per heavy atom. The Hall–Kier alpha value is -2.25. The van der Waals surface area contributed by atoms with Gasteiger partial charge >= 0.3 is 0 Å². The van der Waals surface area contributed by atoms with E-state index in [1.165, 1.54) is 11.8 Å². The van der Waals surface area contributed by atoms with Gasteiger partial charge in [0, 0.05) is 36.6 Å². The predicted octanol–water partition coefficient (Wildman–Crippen LogP) is 3.37. The first-order valence-electron chi connectivity index (χ1n) is 8.17. The number of hydrogen-bond donors (Lipinski definition) is 1. The summed E-state index contributed by atoms with van der Waals surface area (Å²) < 4.78 is 0. The molecule has 0 aliphatic carbocycles. The van der Waals surface area contributed by atoms with Crippen molar-refractivity contribution in [1.82, 2.24) is 4.98 Å². The molecule has 2 aliphatic rings. The van der Waals surface area contributed by atoms with Crippen LogP contribution in [0.15, 0.2) is 41.6 Å². The van der Waals surface area contributed by atoms with Crippen molar-refractivity contribution in [3.05, 3.63) is 41.7 Å². The van der Waals surface area contributed by atoms with E-state index in [1.54, 1.807) is 29.4 Å². The van der Waals surface area contributed by atoms with Crippen molar-refractivity contribution in [2.24, 2.45) is 0 Å². The van der Waals surface area contributed by atoms with E-state index < -0.39 is 4.87 Å². The topological polar surface area (TPSA) is 65.5 Å². The van der Waals surface area contributed by atoms with Crippen LogP contribution in [0.1, 0.15) is 12.8 Å². The van der Waals surface area contributed by atoms with E-state index in [0.717, 1.165) is 10.6 Å². The predicted molar refractivity (Wildman–Crippen MR) is 104 cm³/mol. The first-order chi connectivity index (χ1) is 12.4. The molecule has 0 radical (unpaired) electrons. The van der Waals surface area contributed by atoms with Crippen molar-refractivity contribution < 1.29 is 9.59 Å². The van der Waals surface area contributed by atoms with Gasteiger partial charge < -0.3 is 10.2 Å². The molecular weight excluding hydrogens is 372 g/mol. The maximum atomic E-state index is 13.3. The summed E-state index contributed by atoms with van der Waals surface area (Å²) in [6.07, 6.45) is 4.08. The molecule has 2 amide bonds. The first-order valence-corrected chi connectivity index (χ1v) is 9.36. The van der Waals surface area contributed by atoms with E-state index in [9.17, 15) is 9.59 Å². The number of aromatic nitrogens is 1. The van der Waals surface area contributed by atoms with Crippen molar-refractivity contribution in [3.63, 3.8) is 0 Å². The highest BCUT2D eigenvalue weighted by Crippen LogP contribution is 2.56. The Kier molecular flexibility index (Phi) is 4.08. The molecule has 1 N–H and O–H groups in total. The number of carbonyl (C=O) groups excluding carboxylic acids is 2. The second-order valence-electron chi connectivity index (χ2n) is 6.47. The third-order valence-corrected chi connectivity index (χ3v) is 6.32. The molecular formula is C18H17ClN4O2S. The largest absolute Gasteiger partial charge is 0.376 e. The minimum absolute atomic E-state index is 0.0623. The van der Waals surface area contributed by atoms with Gasteiger partial charge in [-0.2, -0.15) is 0 Å². The third-order valence-electron chi connectivity index (χ3n) is 4.61. The molecule has 0 saturated carbocycles. The van der Waals surface area contributed by atoms with Gasteiger partial charge in [0.2, 0.25) is 5.91 Å². The second-order valence-corrected chi connectivity index (χ2v) is 8.22. The minimum Gasteiger partial charge on any atom is -0.376 e. The van der Waals surface area contributed by atoms with Gasteiger partial charge in [-0.05, 0) is 30.7 Å². The minimum atomic E-state index is -0.983. The molecule has 1 aromatic carbocycles. The fourth-order valence-electron chi connectivity index (χ4n) is 3.42. The number of benzene rings is 1. The van der Waals surface area contributed by atoms with E-state index in [0.29, 0.717) is 29.2 Å². The molecule has 0 spiro atoms. The zero-order valence-electron chi connectivity index (χ0n) is 14.3. The summed E-state index contributed by atoms with van der Waals surface area (Å²) >= 11 is 7.52. The maximum absolute atomic E-state index is 13.3. The zero-order valence-corrected chi connectivity index (χ0v) is 15.9. The fourth-order valence-corrected chi connectivity index (χ4v) is 4.98. The van der Waals surface area contributed by atoms with Crippen LogP contribution in [-0.4, -0.2) is 35.8 Å². The highest BCUT2D eigenvalue weighted by atomic mass is 35.5. The Morgan fingerprint density at radius 1 is 1.38 bits per heavy atom. The van der Waals surface area contributed by atoms with E-state index >= 15 is 0 Å². The van der Waals surface area contributed by atoms with Gasteiger partial charge in [0.1, 0.15) is 0 Å². The number of rotatable bonds is 3. The molecule has 8 heteroatoms. The zero-order chi connectivity index (χ0) is 18.5. The number of fused-ring (bicyclic) bond motifs is 3. The summed E-state index contributed by atoms with van der Waals surface area (Å²) in [6.45, 7) is 0. The van der Waals surface area contributed by atoms with Crippen LogP contribution in [0.2, 0.25) is 5.02 Å². The van der Waals surface area contributed by atoms with Crippen molar-refractivity contribution in [1.29, 1.82) is 0 Å². The van der Waals surface area contributed by atoms with Crippen molar-refractivity contribution in [2.45, 2.75) is 22.6 Å². The maximum Gasteiger partial charge on any atom is 0.261 e. The number of amides is 2. The standard InChI is InChI=1S/C18H17ClN4O2S/c1-22(2)13-6-8-20-10-12(13)21-17(25)18-7-5-16(24)23(18)14-9-11(19)3-4-15(14)26-18/h3-4,6,8-10H,5,7H2,1-2H3,(H,21,25)/t18-/m1/s1. The molecule has 2 aromatic rings. The van der Waals surface area contributed by atoms with Gasteiger partial charge in [-0.1, -0.05) is 23.4 Å². The molecule has 26 heavy (non-hydrogen) atoms. The molecule has 6 nitrogen and oxygen atoms in total. The Balaban J connectivity index is 1.71. The van der Waals surface area contributed by atoms with Gasteiger partial charge in [-0.15, -0.1) is 0 Å². The Labute approximate surface area is 160 Å². The molecule has 1 atom stereocenters. The van der Waals surface area contributed by atoms with Crippen LogP contribution in [-0.2, 0) is 9.59 Å². The van der Waals surface area contributed by atoms with Crippen molar-refractivity contribution >= 4 is 52.2 Å². The van der Waals surface area contributed by atoms with E-state index in [4.69, 9.17) is 11.6 Å². The molecule has 1 saturated heterocycles. The molecule has 3 heterocycles. The quantitative estimate of drug-likeness (QED) is 0.873. The van der Waals surface area contributed by atoms with E-state index in [-0.39, 0.29) is 11.8 Å². The number of nitrogens with zero attached hydrogens (tertiary/aromatic N) is 3. The lowest BCUT2D eigenvalue weighted by molar-refractivity contribution is -0.121. The fraction of sp³-hybridized carbons (Fsp3) is 0.278. The normalized spacial score (nSPS) is 20.7. The number of nitrogens with one attached hydrogen (secondary N) is 1. The van der Waals surface area contributed by atoms with Crippen LogP contribution in [0, 0.1) is 0 Å². The van der Waals surface area contributed by atoms with Crippen molar-refractivity contribution in [3.8, 4) is 0 Å². The lowest BCUT2D eigenvalue weighted by atomic mass is 10.1. The molecule has 1 aromatic heterocycles. The number of halogens is 1. The number of thioether (sulfide) groups is 1. The first kappa shape index (κ1) is 17.2. The SMILES string of the molecule is CN(C)c1ccncc1NC(=O)[C@]12CCC(=O)N1c1cc(Cl)ccc1S2. The van der Waals surface area contributed by atoms with Gasteiger partial charge in [0.25, 0.3) is 5.91 Å². The lowest BCUT2D eigenvalue weighted by Crippen LogP contribution is -2.49. The smallest absolute Gasteiger partial charge is 0.261 e. The number of anilines is 3. The number of hydrogen-bond acceptors (Lipinski definition) is 5. The van der Waals surface area contributed by atoms with Gasteiger partial charge in [0.15, 0.2) is 4.87 Å². The van der Waals surface area contributed by atoms with Gasteiger partial charge in [-0.3, -0.25) is 19.5 Å². The Morgan fingerprint density at radius 3 is 2.96 bits per heavy atom.